The number of hydrogen-bond donors (Lipinski definition) is 2. The van der Waals surface area contributed by atoms with Crippen molar-refractivity contribution >= 4 is 10.1 Å². The average Bonchev–Trinajstić information content (AvgIpc) is 2.63. The minimum atomic E-state index is -4.10. The molecule has 0 atom stereocenters. The van der Waals surface area contributed by atoms with Crippen molar-refractivity contribution in [3.8, 4) is 0 Å². The van der Waals surface area contributed by atoms with E-state index in [2.05, 4.69) is 13.5 Å². The lowest BCUT2D eigenvalue weighted by molar-refractivity contribution is 0.481. The SMILES string of the molecule is C=CCN.CCCCCCCCCCCCc1ccccc1S(=O)(=O)O. The maximum Gasteiger partial charge on any atom is 0.294 e. The highest BCUT2D eigenvalue weighted by Gasteiger charge is 2.13. The van der Waals surface area contributed by atoms with Crippen LogP contribution in [0.15, 0.2) is 41.8 Å². The molecule has 3 N–H and O–H groups in total. The molecule has 0 spiro atoms. The number of hydrogen-bond acceptors (Lipinski definition) is 3. The Morgan fingerprint density at radius 1 is 0.962 bits per heavy atom. The Bertz CT molecular complexity index is 570. The molecule has 4 nitrogen and oxygen atoms in total. The van der Waals surface area contributed by atoms with E-state index < -0.39 is 10.1 Å². The van der Waals surface area contributed by atoms with E-state index in [-0.39, 0.29) is 4.90 Å². The highest BCUT2D eigenvalue weighted by atomic mass is 32.2. The second-order valence-electron chi connectivity index (χ2n) is 6.54. The van der Waals surface area contributed by atoms with Crippen LogP contribution in [0.2, 0.25) is 0 Å². The maximum atomic E-state index is 11.3. The van der Waals surface area contributed by atoms with E-state index in [1.54, 1.807) is 18.2 Å². The van der Waals surface area contributed by atoms with Gasteiger partial charge in [-0.25, -0.2) is 0 Å². The topological polar surface area (TPSA) is 80.4 Å². The molecule has 0 fully saturated rings. The Kier molecular flexibility index (Phi) is 15.3. The molecule has 1 aromatic rings. The van der Waals surface area contributed by atoms with Crippen LogP contribution in [0.1, 0.15) is 76.7 Å². The fourth-order valence-electron chi connectivity index (χ4n) is 2.76. The molecule has 1 aromatic carbocycles. The third-order valence-electron chi connectivity index (χ3n) is 4.22. The maximum absolute atomic E-state index is 11.3. The molecule has 0 aliphatic heterocycles. The third kappa shape index (κ3) is 13.1. The lowest BCUT2D eigenvalue weighted by Crippen LogP contribution is -2.03. The number of unbranched alkanes of at least 4 members (excludes halogenated alkanes) is 9. The van der Waals surface area contributed by atoms with Crippen molar-refractivity contribution < 1.29 is 13.0 Å². The van der Waals surface area contributed by atoms with Gasteiger partial charge in [0.2, 0.25) is 0 Å². The third-order valence-corrected chi connectivity index (χ3v) is 5.17. The molecule has 0 bridgehead atoms. The highest BCUT2D eigenvalue weighted by Crippen LogP contribution is 2.18. The lowest BCUT2D eigenvalue weighted by Gasteiger charge is -2.07. The van der Waals surface area contributed by atoms with Gasteiger partial charge in [-0.3, -0.25) is 4.55 Å². The van der Waals surface area contributed by atoms with Crippen LogP contribution < -0.4 is 5.73 Å². The minimum Gasteiger partial charge on any atom is -0.327 e. The summed E-state index contributed by atoms with van der Waals surface area (Å²) in [5.74, 6) is 0. The van der Waals surface area contributed by atoms with Crippen molar-refractivity contribution in [2.75, 3.05) is 6.54 Å². The van der Waals surface area contributed by atoms with E-state index in [4.69, 9.17) is 5.73 Å². The van der Waals surface area contributed by atoms with Crippen molar-refractivity contribution in [3.63, 3.8) is 0 Å². The number of rotatable bonds is 13. The monoisotopic (exact) mass is 383 g/mol. The van der Waals surface area contributed by atoms with Crippen molar-refractivity contribution in [2.45, 2.75) is 82.4 Å². The van der Waals surface area contributed by atoms with Crippen LogP contribution in [0.3, 0.4) is 0 Å². The summed E-state index contributed by atoms with van der Waals surface area (Å²) in [5, 5.41) is 0. The summed E-state index contributed by atoms with van der Waals surface area (Å²) < 4.78 is 31.8. The van der Waals surface area contributed by atoms with Crippen LogP contribution in [0, 0.1) is 0 Å². The zero-order valence-corrected chi connectivity index (χ0v) is 17.1. The smallest absolute Gasteiger partial charge is 0.294 e. The first-order valence-electron chi connectivity index (χ1n) is 9.83. The van der Waals surface area contributed by atoms with Crippen molar-refractivity contribution in [3.05, 3.63) is 42.5 Å². The van der Waals surface area contributed by atoms with Gasteiger partial charge in [0.15, 0.2) is 0 Å². The fourth-order valence-corrected chi connectivity index (χ4v) is 3.52. The molecular weight excluding hydrogens is 346 g/mol. The zero-order valence-electron chi connectivity index (χ0n) is 16.3. The van der Waals surface area contributed by atoms with Gasteiger partial charge in [0.25, 0.3) is 10.1 Å². The van der Waals surface area contributed by atoms with E-state index in [1.807, 2.05) is 6.07 Å². The molecule has 0 aliphatic rings. The van der Waals surface area contributed by atoms with Crippen molar-refractivity contribution in [1.82, 2.24) is 0 Å². The molecule has 0 amide bonds. The summed E-state index contributed by atoms with van der Waals surface area (Å²) in [6, 6.07) is 6.73. The predicted molar refractivity (Wildman–Crippen MR) is 111 cm³/mol. The molecule has 0 unspecified atom stereocenters. The molecule has 0 aromatic heterocycles. The van der Waals surface area contributed by atoms with E-state index in [0.717, 1.165) is 18.4 Å². The lowest BCUT2D eigenvalue weighted by atomic mass is 10.0. The Balaban J connectivity index is 0.00000141. The van der Waals surface area contributed by atoms with Gasteiger partial charge in [-0.15, -0.1) is 6.58 Å². The fraction of sp³-hybridized carbons (Fsp3) is 0.619. The first-order chi connectivity index (χ1) is 12.5. The van der Waals surface area contributed by atoms with E-state index in [0.29, 0.717) is 13.0 Å². The van der Waals surface area contributed by atoms with Crippen molar-refractivity contribution in [2.24, 2.45) is 5.73 Å². The molecule has 0 saturated carbocycles. The van der Waals surface area contributed by atoms with Gasteiger partial charge in [0.1, 0.15) is 0 Å². The standard InChI is InChI=1S/C18H30O3S.C3H7N/c1-2-3-4-5-6-7-8-9-10-11-14-17-15-12-13-16-18(17)22(19,20)21;1-2-3-4/h12-13,15-16H,2-11,14H2,1H3,(H,19,20,21);2H,1,3-4H2. The quantitative estimate of drug-likeness (QED) is 0.267. The Morgan fingerprint density at radius 2 is 1.42 bits per heavy atom. The Labute approximate surface area is 160 Å². The molecular formula is C21H37NO3S. The first-order valence-corrected chi connectivity index (χ1v) is 11.3. The molecule has 0 radical (unpaired) electrons. The predicted octanol–water partition coefficient (Wildman–Crippen LogP) is 5.53. The number of nitrogens with two attached hydrogens (primary N) is 1. The molecule has 0 aliphatic carbocycles. The van der Waals surface area contributed by atoms with Crippen LogP contribution in [0.4, 0.5) is 0 Å². The molecule has 26 heavy (non-hydrogen) atoms. The van der Waals surface area contributed by atoms with Crippen LogP contribution in [-0.4, -0.2) is 19.5 Å². The summed E-state index contributed by atoms with van der Waals surface area (Å²) >= 11 is 0. The minimum absolute atomic E-state index is 0.0610. The average molecular weight is 384 g/mol. The molecule has 0 heterocycles. The zero-order chi connectivity index (χ0) is 19.7. The highest BCUT2D eigenvalue weighted by molar-refractivity contribution is 7.85. The summed E-state index contributed by atoms with van der Waals surface area (Å²) in [5.41, 5.74) is 5.64. The molecule has 1 rings (SSSR count). The van der Waals surface area contributed by atoms with Gasteiger partial charge in [0, 0.05) is 6.54 Å². The summed E-state index contributed by atoms with van der Waals surface area (Å²) in [6.07, 6.45) is 15.0. The summed E-state index contributed by atoms with van der Waals surface area (Å²) in [7, 11) is -4.10. The van der Waals surface area contributed by atoms with Crippen molar-refractivity contribution in [1.29, 1.82) is 0 Å². The van der Waals surface area contributed by atoms with Gasteiger partial charge in [0.05, 0.1) is 4.90 Å². The van der Waals surface area contributed by atoms with Gasteiger partial charge in [-0.05, 0) is 24.5 Å². The van der Waals surface area contributed by atoms with Crippen LogP contribution in [0.25, 0.3) is 0 Å². The Morgan fingerprint density at radius 3 is 1.88 bits per heavy atom. The normalized spacial score (nSPS) is 10.9. The van der Waals surface area contributed by atoms with Gasteiger partial charge in [-0.1, -0.05) is 89.0 Å². The second-order valence-corrected chi connectivity index (χ2v) is 7.93. The number of benzene rings is 1. The molecule has 0 saturated heterocycles. The van der Waals surface area contributed by atoms with E-state index in [1.165, 1.54) is 57.4 Å². The Hall–Kier alpha value is -1.17. The largest absolute Gasteiger partial charge is 0.327 e. The van der Waals surface area contributed by atoms with Gasteiger partial charge >= 0.3 is 0 Å². The first kappa shape index (κ1) is 24.8. The van der Waals surface area contributed by atoms with E-state index >= 15 is 0 Å². The van der Waals surface area contributed by atoms with Gasteiger partial charge < -0.3 is 5.73 Å². The summed E-state index contributed by atoms with van der Waals surface area (Å²) in [6.45, 7) is 6.17. The van der Waals surface area contributed by atoms with Crippen LogP contribution >= 0.6 is 0 Å². The van der Waals surface area contributed by atoms with E-state index in [9.17, 15) is 13.0 Å². The number of aryl methyl sites for hydroxylation is 1. The second kappa shape index (κ2) is 16.0. The van der Waals surface area contributed by atoms with Crippen LogP contribution in [-0.2, 0) is 16.5 Å². The van der Waals surface area contributed by atoms with Crippen LogP contribution in [0.5, 0.6) is 0 Å². The molecule has 5 heteroatoms. The summed E-state index contributed by atoms with van der Waals surface area (Å²) in [4.78, 5) is 0.0610. The molecule has 150 valence electrons. The van der Waals surface area contributed by atoms with Gasteiger partial charge in [-0.2, -0.15) is 8.42 Å².